The summed E-state index contributed by atoms with van der Waals surface area (Å²) in [4.78, 5) is 18.7. The Hall–Kier alpha value is -1.11. The monoisotopic (exact) mass is 425 g/mol. The van der Waals surface area contributed by atoms with E-state index in [2.05, 4.69) is 39.8 Å². The van der Waals surface area contributed by atoms with Gasteiger partial charge in [-0.2, -0.15) is 0 Å². The summed E-state index contributed by atoms with van der Waals surface area (Å²) in [6, 6.07) is 7.75. The highest BCUT2D eigenvalue weighted by Gasteiger charge is 2.21. The van der Waals surface area contributed by atoms with Crippen LogP contribution in [-0.4, -0.2) is 81.1 Å². The van der Waals surface area contributed by atoms with E-state index in [9.17, 15) is 4.79 Å². The van der Waals surface area contributed by atoms with Gasteiger partial charge in [0.1, 0.15) is 12.4 Å². The number of hydrogen-bond acceptors (Lipinski definition) is 4. The van der Waals surface area contributed by atoms with Crippen LogP contribution in [0, 0.1) is 5.92 Å². The number of ether oxygens (including phenoxy) is 1. The first-order valence-electron chi connectivity index (χ1n) is 9.43. The lowest BCUT2D eigenvalue weighted by molar-refractivity contribution is -0.131. The van der Waals surface area contributed by atoms with Crippen molar-refractivity contribution in [1.29, 1.82) is 0 Å². The second-order valence-electron chi connectivity index (χ2n) is 7.43. The zero-order chi connectivity index (χ0) is 18.9. The van der Waals surface area contributed by atoms with Crippen LogP contribution in [0.5, 0.6) is 5.75 Å². The number of amides is 1. The van der Waals surface area contributed by atoms with Gasteiger partial charge in [0.15, 0.2) is 0 Å². The molecule has 1 amide bonds. The van der Waals surface area contributed by atoms with E-state index in [1.807, 2.05) is 31.3 Å². The smallest absolute Gasteiger partial charge is 0.236 e. The molecule has 0 radical (unpaired) electrons. The van der Waals surface area contributed by atoms with Crippen molar-refractivity contribution in [2.45, 2.75) is 19.3 Å². The molecule has 2 rings (SSSR count). The molecule has 1 aromatic rings. The maximum absolute atomic E-state index is 12.4. The van der Waals surface area contributed by atoms with Crippen LogP contribution in [-0.2, 0) is 4.79 Å². The van der Waals surface area contributed by atoms with Gasteiger partial charge in [-0.3, -0.25) is 9.69 Å². The standard InChI is InChI=1S/C20H32BrN3O2/c1-22(2)11-8-17-9-12-24(13-10-17)16-20(25)23(3)14-15-26-19-6-4-18(21)5-7-19/h4-7,17H,8-16H2,1-3H3. The first kappa shape index (κ1) is 21.2. The van der Waals surface area contributed by atoms with Gasteiger partial charge in [-0.15, -0.1) is 0 Å². The average Bonchev–Trinajstić information content (AvgIpc) is 2.62. The van der Waals surface area contributed by atoms with Gasteiger partial charge in [0.05, 0.1) is 13.1 Å². The van der Waals surface area contributed by atoms with Crippen LogP contribution in [0.15, 0.2) is 28.7 Å². The van der Waals surface area contributed by atoms with Crippen molar-refractivity contribution < 1.29 is 9.53 Å². The second kappa shape index (κ2) is 10.9. The minimum absolute atomic E-state index is 0.177. The third kappa shape index (κ3) is 7.64. The van der Waals surface area contributed by atoms with E-state index in [0.717, 1.165) is 35.8 Å². The molecule has 1 aromatic carbocycles. The van der Waals surface area contributed by atoms with E-state index in [1.165, 1.54) is 19.3 Å². The van der Waals surface area contributed by atoms with Gasteiger partial charge in [0, 0.05) is 11.5 Å². The first-order valence-corrected chi connectivity index (χ1v) is 10.2. The Morgan fingerprint density at radius 2 is 1.81 bits per heavy atom. The molecule has 1 heterocycles. The molecule has 0 aliphatic carbocycles. The van der Waals surface area contributed by atoms with Crippen molar-refractivity contribution in [3.05, 3.63) is 28.7 Å². The van der Waals surface area contributed by atoms with Gasteiger partial charge < -0.3 is 14.5 Å². The highest BCUT2D eigenvalue weighted by molar-refractivity contribution is 9.10. The molecule has 1 aliphatic rings. The fourth-order valence-electron chi connectivity index (χ4n) is 3.14. The molecule has 6 heteroatoms. The van der Waals surface area contributed by atoms with Gasteiger partial charge in [-0.1, -0.05) is 15.9 Å². The molecule has 5 nitrogen and oxygen atoms in total. The van der Waals surface area contributed by atoms with Crippen LogP contribution < -0.4 is 4.74 Å². The van der Waals surface area contributed by atoms with E-state index in [4.69, 9.17) is 4.74 Å². The molecule has 0 unspecified atom stereocenters. The first-order chi connectivity index (χ1) is 12.4. The third-order valence-electron chi connectivity index (χ3n) is 4.99. The molecule has 0 atom stereocenters. The lowest BCUT2D eigenvalue weighted by Gasteiger charge is -2.33. The number of benzene rings is 1. The minimum Gasteiger partial charge on any atom is -0.492 e. The van der Waals surface area contributed by atoms with E-state index in [-0.39, 0.29) is 5.91 Å². The Bertz CT molecular complexity index is 542. The zero-order valence-corrected chi connectivity index (χ0v) is 17.9. The second-order valence-corrected chi connectivity index (χ2v) is 8.34. The fourth-order valence-corrected chi connectivity index (χ4v) is 3.41. The normalized spacial score (nSPS) is 16.0. The highest BCUT2D eigenvalue weighted by Crippen LogP contribution is 2.20. The van der Waals surface area contributed by atoms with Crippen molar-refractivity contribution in [2.24, 2.45) is 5.92 Å². The van der Waals surface area contributed by atoms with Gasteiger partial charge in [-0.05, 0) is 83.2 Å². The van der Waals surface area contributed by atoms with Crippen molar-refractivity contribution in [2.75, 3.05) is 60.5 Å². The molecule has 0 bridgehead atoms. The van der Waals surface area contributed by atoms with Crippen molar-refractivity contribution in [3.8, 4) is 5.75 Å². The summed E-state index contributed by atoms with van der Waals surface area (Å²) in [6.07, 6.45) is 3.68. The highest BCUT2D eigenvalue weighted by atomic mass is 79.9. The van der Waals surface area contributed by atoms with Crippen LogP contribution in [0.1, 0.15) is 19.3 Å². The number of carbonyl (C=O) groups is 1. The summed E-state index contributed by atoms with van der Waals surface area (Å²) in [5.41, 5.74) is 0. The van der Waals surface area contributed by atoms with Crippen LogP contribution in [0.2, 0.25) is 0 Å². The molecule has 0 aromatic heterocycles. The van der Waals surface area contributed by atoms with Crippen molar-refractivity contribution in [1.82, 2.24) is 14.7 Å². The predicted octanol–water partition coefficient (Wildman–Crippen LogP) is 2.95. The number of rotatable bonds is 9. The lowest BCUT2D eigenvalue weighted by Crippen LogP contribution is -2.43. The SMILES string of the molecule is CN(C)CCC1CCN(CC(=O)N(C)CCOc2ccc(Br)cc2)CC1. The molecule has 26 heavy (non-hydrogen) atoms. The predicted molar refractivity (Wildman–Crippen MR) is 110 cm³/mol. The molecule has 1 saturated heterocycles. The van der Waals surface area contributed by atoms with E-state index < -0.39 is 0 Å². The maximum Gasteiger partial charge on any atom is 0.236 e. The molecular weight excluding hydrogens is 394 g/mol. The van der Waals surface area contributed by atoms with E-state index in [1.54, 1.807) is 4.90 Å². The van der Waals surface area contributed by atoms with Gasteiger partial charge in [-0.25, -0.2) is 0 Å². The molecule has 1 aliphatic heterocycles. The van der Waals surface area contributed by atoms with Crippen molar-refractivity contribution in [3.63, 3.8) is 0 Å². The Morgan fingerprint density at radius 1 is 1.15 bits per heavy atom. The number of likely N-dealkylation sites (N-methyl/N-ethyl adjacent to an activating group) is 1. The molecule has 146 valence electrons. The number of piperidine rings is 1. The third-order valence-corrected chi connectivity index (χ3v) is 5.51. The number of carbonyl (C=O) groups excluding carboxylic acids is 1. The van der Waals surface area contributed by atoms with Gasteiger partial charge >= 0.3 is 0 Å². The summed E-state index contributed by atoms with van der Waals surface area (Å²) in [5.74, 6) is 1.81. The van der Waals surface area contributed by atoms with Gasteiger partial charge in [0.2, 0.25) is 5.91 Å². The Labute approximate surface area is 166 Å². The number of nitrogens with zero attached hydrogens (tertiary/aromatic N) is 3. The van der Waals surface area contributed by atoms with Crippen molar-refractivity contribution >= 4 is 21.8 Å². The number of likely N-dealkylation sites (tertiary alicyclic amines) is 1. The minimum atomic E-state index is 0.177. The number of halogens is 1. The zero-order valence-electron chi connectivity index (χ0n) is 16.3. The molecule has 0 saturated carbocycles. The largest absolute Gasteiger partial charge is 0.492 e. The summed E-state index contributed by atoms with van der Waals surface area (Å²) in [7, 11) is 6.12. The molecule has 0 N–H and O–H groups in total. The maximum atomic E-state index is 12.4. The molecule has 0 spiro atoms. The summed E-state index contributed by atoms with van der Waals surface area (Å²) >= 11 is 3.41. The quantitative estimate of drug-likeness (QED) is 0.609. The molecular formula is C20H32BrN3O2. The lowest BCUT2D eigenvalue weighted by atomic mass is 9.93. The van der Waals surface area contributed by atoms with E-state index in [0.29, 0.717) is 19.7 Å². The Morgan fingerprint density at radius 3 is 2.42 bits per heavy atom. The van der Waals surface area contributed by atoms with Crippen LogP contribution >= 0.6 is 15.9 Å². The summed E-state index contributed by atoms with van der Waals surface area (Å²) in [6.45, 7) is 4.87. The Kier molecular flexibility index (Phi) is 8.88. The average molecular weight is 426 g/mol. The molecule has 1 fully saturated rings. The van der Waals surface area contributed by atoms with Crippen LogP contribution in [0.4, 0.5) is 0 Å². The van der Waals surface area contributed by atoms with Crippen LogP contribution in [0.25, 0.3) is 0 Å². The Balaban J connectivity index is 1.62. The van der Waals surface area contributed by atoms with Gasteiger partial charge in [0.25, 0.3) is 0 Å². The van der Waals surface area contributed by atoms with Crippen LogP contribution in [0.3, 0.4) is 0 Å². The summed E-state index contributed by atoms with van der Waals surface area (Å²) in [5, 5.41) is 0. The number of hydrogen-bond donors (Lipinski definition) is 0. The fraction of sp³-hybridized carbons (Fsp3) is 0.650. The topological polar surface area (TPSA) is 36.0 Å². The van der Waals surface area contributed by atoms with E-state index >= 15 is 0 Å². The summed E-state index contributed by atoms with van der Waals surface area (Å²) < 4.78 is 6.73.